The van der Waals surface area contributed by atoms with E-state index in [1.54, 1.807) is 0 Å². The standard InChI is InChI=1S/C5H13NO2/c1-2-5(3-7)6-4-8/h5-8H,2-4H2,1H3. The number of hydrogen-bond acceptors (Lipinski definition) is 3. The van der Waals surface area contributed by atoms with Gasteiger partial charge in [0, 0.05) is 6.04 Å². The fourth-order valence-corrected chi connectivity index (χ4v) is 0.467. The average Bonchev–Trinajstić information content (AvgIpc) is 1.83. The van der Waals surface area contributed by atoms with Crippen molar-refractivity contribution < 1.29 is 10.2 Å². The smallest absolute Gasteiger partial charge is 0.0934 e. The molecule has 3 nitrogen and oxygen atoms in total. The molecule has 0 aromatic heterocycles. The molecule has 0 heterocycles. The zero-order valence-electron chi connectivity index (χ0n) is 5.09. The van der Waals surface area contributed by atoms with E-state index < -0.39 is 0 Å². The summed E-state index contributed by atoms with van der Waals surface area (Å²) in [5.74, 6) is 0. The van der Waals surface area contributed by atoms with Crippen LogP contribution in [0, 0.1) is 0 Å². The molecule has 0 aliphatic heterocycles. The maximum absolute atomic E-state index is 8.48. The Labute approximate surface area is 49.3 Å². The third kappa shape index (κ3) is 2.96. The fourth-order valence-electron chi connectivity index (χ4n) is 0.467. The SMILES string of the molecule is CCC(CO)NCO. The second-order valence-corrected chi connectivity index (χ2v) is 1.65. The monoisotopic (exact) mass is 119 g/mol. The van der Waals surface area contributed by atoms with Crippen LogP contribution < -0.4 is 5.32 Å². The first kappa shape index (κ1) is 7.88. The van der Waals surface area contributed by atoms with E-state index in [0.717, 1.165) is 6.42 Å². The van der Waals surface area contributed by atoms with Gasteiger partial charge in [0.05, 0.1) is 13.3 Å². The van der Waals surface area contributed by atoms with Gasteiger partial charge in [-0.15, -0.1) is 0 Å². The van der Waals surface area contributed by atoms with Crippen LogP contribution >= 0.6 is 0 Å². The van der Waals surface area contributed by atoms with Crippen molar-refractivity contribution in [1.82, 2.24) is 5.32 Å². The zero-order chi connectivity index (χ0) is 6.41. The van der Waals surface area contributed by atoms with Crippen LogP contribution in [0.25, 0.3) is 0 Å². The highest BCUT2D eigenvalue weighted by Crippen LogP contribution is 1.85. The predicted molar refractivity (Wildman–Crippen MR) is 31.4 cm³/mol. The van der Waals surface area contributed by atoms with Crippen LogP contribution in [-0.4, -0.2) is 29.6 Å². The van der Waals surface area contributed by atoms with Gasteiger partial charge in [-0.3, -0.25) is 5.32 Å². The molecule has 3 heteroatoms. The van der Waals surface area contributed by atoms with E-state index in [9.17, 15) is 0 Å². The van der Waals surface area contributed by atoms with Gasteiger partial charge in [0.15, 0.2) is 0 Å². The molecule has 0 aliphatic rings. The van der Waals surface area contributed by atoms with Crippen LogP contribution in [0.2, 0.25) is 0 Å². The van der Waals surface area contributed by atoms with Gasteiger partial charge in [0.25, 0.3) is 0 Å². The van der Waals surface area contributed by atoms with Crippen molar-refractivity contribution in [3.8, 4) is 0 Å². The summed E-state index contributed by atoms with van der Waals surface area (Å²) in [6.07, 6.45) is 0.844. The normalized spacial score (nSPS) is 13.9. The molecule has 0 radical (unpaired) electrons. The van der Waals surface area contributed by atoms with Gasteiger partial charge < -0.3 is 10.2 Å². The lowest BCUT2D eigenvalue weighted by atomic mass is 10.2. The van der Waals surface area contributed by atoms with Crippen LogP contribution in [-0.2, 0) is 0 Å². The number of rotatable bonds is 4. The second kappa shape index (κ2) is 5.03. The Bertz CT molecular complexity index is 45.7. The van der Waals surface area contributed by atoms with Crippen molar-refractivity contribution in [2.45, 2.75) is 19.4 Å². The van der Waals surface area contributed by atoms with E-state index >= 15 is 0 Å². The Hall–Kier alpha value is -0.120. The minimum Gasteiger partial charge on any atom is -0.395 e. The van der Waals surface area contributed by atoms with Crippen molar-refractivity contribution in [1.29, 1.82) is 0 Å². The quantitative estimate of drug-likeness (QED) is 0.429. The summed E-state index contributed by atoms with van der Waals surface area (Å²) >= 11 is 0. The number of aliphatic hydroxyl groups is 2. The lowest BCUT2D eigenvalue weighted by molar-refractivity contribution is 0.186. The Morgan fingerprint density at radius 3 is 2.25 bits per heavy atom. The third-order valence-corrected chi connectivity index (χ3v) is 1.09. The Balaban J connectivity index is 3.07. The summed E-state index contributed by atoms with van der Waals surface area (Å²) in [4.78, 5) is 0. The second-order valence-electron chi connectivity index (χ2n) is 1.65. The van der Waals surface area contributed by atoms with Gasteiger partial charge in [-0.05, 0) is 6.42 Å². The van der Waals surface area contributed by atoms with Crippen LogP contribution in [0.4, 0.5) is 0 Å². The maximum atomic E-state index is 8.48. The predicted octanol–water partition coefficient (Wildman–Crippen LogP) is -0.703. The van der Waals surface area contributed by atoms with Crippen molar-refractivity contribution in [2.24, 2.45) is 0 Å². The van der Waals surface area contributed by atoms with E-state index in [0.29, 0.717) is 0 Å². The average molecular weight is 119 g/mol. The van der Waals surface area contributed by atoms with Crippen molar-refractivity contribution in [2.75, 3.05) is 13.3 Å². The first-order valence-corrected chi connectivity index (χ1v) is 2.80. The lowest BCUT2D eigenvalue weighted by Gasteiger charge is -2.09. The molecule has 50 valence electrons. The van der Waals surface area contributed by atoms with Gasteiger partial charge in [-0.1, -0.05) is 6.92 Å². The molecule has 0 bridgehead atoms. The zero-order valence-corrected chi connectivity index (χ0v) is 5.09. The molecule has 1 unspecified atom stereocenters. The molecule has 0 saturated carbocycles. The highest BCUT2D eigenvalue weighted by atomic mass is 16.3. The number of aliphatic hydroxyl groups excluding tert-OH is 2. The van der Waals surface area contributed by atoms with Crippen molar-refractivity contribution >= 4 is 0 Å². The molecule has 0 amide bonds. The first-order chi connectivity index (χ1) is 3.85. The maximum Gasteiger partial charge on any atom is 0.0934 e. The minimum atomic E-state index is -0.0565. The summed E-state index contributed by atoms with van der Waals surface area (Å²) in [6.45, 7) is 1.99. The third-order valence-electron chi connectivity index (χ3n) is 1.09. The number of nitrogens with one attached hydrogen (secondary N) is 1. The molecule has 3 N–H and O–H groups in total. The van der Waals surface area contributed by atoms with Crippen LogP contribution in [0.3, 0.4) is 0 Å². The van der Waals surface area contributed by atoms with E-state index in [1.165, 1.54) is 0 Å². The Morgan fingerprint density at radius 2 is 2.12 bits per heavy atom. The highest BCUT2D eigenvalue weighted by Gasteiger charge is 1.98. The molecular formula is C5H13NO2. The summed E-state index contributed by atoms with van der Waals surface area (Å²) in [5, 5.41) is 19.4. The van der Waals surface area contributed by atoms with Crippen molar-refractivity contribution in [3.63, 3.8) is 0 Å². The summed E-state index contributed by atoms with van der Waals surface area (Å²) < 4.78 is 0. The molecule has 0 aromatic rings. The topological polar surface area (TPSA) is 52.5 Å². The van der Waals surface area contributed by atoms with Gasteiger partial charge >= 0.3 is 0 Å². The highest BCUT2D eigenvalue weighted by molar-refractivity contribution is 4.58. The number of hydrogen-bond donors (Lipinski definition) is 3. The molecule has 0 aromatic carbocycles. The molecule has 8 heavy (non-hydrogen) atoms. The molecular weight excluding hydrogens is 106 g/mol. The minimum absolute atomic E-state index is 0.0556. The summed E-state index contributed by atoms with van der Waals surface area (Å²) in [7, 11) is 0. The van der Waals surface area contributed by atoms with Gasteiger partial charge in [0.1, 0.15) is 0 Å². The van der Waals surface area contributed by atoms with Crippen LogP contribution in [0.1, 0.15) is 13.3 Å². The molecule has 0 aliphatic carbocycles. The largest absolute Gasteiger partial charge is 0.395 e. The molecule has 0 rings (SSSR count). The lowest BCUT2D eigenvalue weighted by Crippen LogP contribution is -2.32. The van der Waals surface area contributed by atoms with Gasteiger partial charge in [-0.2, -0.15) is 0 Å². The summed E-state index contributed by atoms with van der Waals surface area (Å²) in [5.41, 5.74) is 0. The molecule has 0 spiro atoms. The van der Waals surface area contributed by atoms with E-state index in [-0.39, 0.29) is 19.4 Å². The van der Waals surface area contributed by atoms with E-state index in [4.69, 9.17) is 10.2 Å². The first-order valence-electron chi connectivity index (χ1n) is 2.80. The van der Waals surface area contributed by atoms with E-state index in [2.05, 4.69) is 5.32 Å². The molecule has 0 fully saturated rings. The Kier molecular flexibility index (Phi) is 4.95. The fraction of sp³-hybridized carbons (Fsp3) is 1.00. The van der Waals surface area contributed by atoms with Gasteiger partial charge in [-0.25, -0.2) is 0 Å². The van der Waals surface area contributed by atoms with Crippen LogP contribution in [0.5, 0.6) is 0 Å². The molecule has 0 saturated heterocycles. The van der Waals surface area contributed by atoms with E-state index in [1.807, 2.05) is 6.92 Å². The van der Waals surface area contributed by atoms with Crippen molar-refractivity contribution in [3.05, 3.63) is 0 Å². The van der Waals surface area contributed by atoms with Crippen LogP contribution in [0.15, 0.2) is 0 Å². The Morgan fingerprint density at radius 1 is 1.50 bits per heavy atom. The molecule has 1 atom stereocenters. The summed E-state index contributed by atoms with van der Waals surface area (Å²) in [6, 6.07) is 0.0556. The van der Waals surface area contributed by atoms with Gasteiger partial charge in [0.2, 0.25) is 0 Å².